The lowest BCUT2D eigenvalue weighted by Crippen LogP contribution is -2.51. The first-order chi connectivity index (χ1) is 13.0. The molecule has 0 bridgehead atoms. The molecule has 5 nitrogen and oxygen atoms in total. The van der Waals surface area contributed by atoms with Crippen LogP contribution in [0.4, 0.5) is 5.69 Å². The van der Waals surface area contributed by atoms with E-state index in [4.69, 9.17) is 28.6 Å². The van der Waals surface area contributed by atoms with Crippen molar-refractivity contribution in [2.75, 3.05) is 11.9 Å². The second-order valence-electron chi connectivity index (χ2n) is 6.05. The van der Waals surface area contributed by atoms with Gasteiger partial charge in [0.25, 0.3) is 0 Å². The second kappa shape index (κ2) is 8.41. The summed E-state index contributed by atoms with van der Waals surface area (Å²) in [6.45, 7) is 6.52. The molecule has 1 aliphatic heterocycles. The van der Waals surface area contributed by atoms with Gasteiger partial charge in [-0.1, -0.05) is 42.4 Å². The fraction of sp³-hybridized carbons (Fsp3) is 0.200. The van der Waals surface area contributed by atoms with Crippen molar-refractivity contribution in [1.82, 2.24) is 10.6 Å². The number of carbonyl (C=O) groups excluding carboxylic acids is 1. The van der Waals surface area contributed by atoms with Gasteiger partial charge < -0.3 is 20.7 Å². The zero-order chi connectivity index (χ0) is 19.4. The van der Waals surface area contributed by atoms with Gasteiger partial charge in [0.15, 0.2) is 5.11 Å². The molecule has 2 atom stereocenters. The van der Waals surface area contributed by atoms with Crippen molar-refractivity contribution in [3.05, 3.63) is 71.4 Å². The minimum atomic E-state index is -0.578. The topological polar surface area (TPSA) is 62.4 Å². The van der Waals surface area contributed by atoms with Crippen molar-refractivity contribution in [2.24, 2.45) is 5.92 Å². The van der Waals surface area contributed by atoms with E-state index in [0.717, 1.165) is 11.3 Å². The number of rotatable bonds is 5. The van der Waals surface area contributed by atoms with Gasteiger partial charge in [0.05, 0.1) is 23.4 Å². The summed E-state index contributed by atoms with van der Waals surface area (Å²) in [5, 5.41) is 9.90. The maximum absolute atomic E-state index is 13.0. The van der Waals surface area contributed by atoms with Gasteiger partial charge in [-0.25, -0.2) is 0 Å². The molecule has 0 aromatic heterocycles. The van der Waals surface area contributed by atoms with Crippen LogP contribution in [0.15, 0.2) is 60.8 Å². The highest BCUT2D eigenvalue weighted by Crippen LogP contribution is 2.32. The molecule has 2 aromatic rings. The van der Waals surface area contributed by atoms with Crippen molar-refractivity contribution in [3.8, 4) is 5.75 Å². The predicted octanol–water partition coefficient (Wildman–Crippen LogP) is 4.03. The summed E-state index contributed by atoms with van der Waals surface area (Å²) >= 11 is 11.4. The van der Waals surface area contributed by atoms with Crippen molar-refractivity contribution in [1.29, 1.82) is 0 Å². The Bertz CT molecular complexity index is 870. The number of amides is 1. The van der Waals surface area contributed by atoms with E-state index in [-0.39, 0.29) is 11.9 Å². The molecule has 0 spiro atoms. The van der Waals surface area contributed by atoms with Gasteiger partial charge in [-0.2, -0.15) is 0 Å². The van der Waals surface area contributed by atoms with Crippen LogP contribution < -0.4 is 20.7 Å². The van der Waals surface area contributed by atoms with Gasteiger partial charge in [0.1, 0.15) is 11.7 Å². The van der Waals surface area contributed by atoms with Crippen LogP contribution in [0.3, 0.4) is 0 Å². The highest BCUT2D eigenvalue weighted by Gasteiger charge is 2.36. The van der Waals surface area contributed by atoms with E-state index in [0.29, 0.717) is 28.1 Å². The molecule has 2 aromatic carbocycles. The third-order valence-corrected chi connectivity index (χ3v) is 4.78. The lowest BCUT2D eigenvalue weighted by Gasteiger charge is -2.35. The SMILES string of the molecule is C=C1NC(=S)N[C@H](c2ccc(OCC)cc2)[C@@H]1C(=O)Nc1ccccc1Cl. The Morgan fingerprint density at radius 2 is 1.96 bits per heavy atom. The lowest BCUT2D eigenvalue weighted by molar-refractivity contribution is -0.119. The third-order valence-electron chi connectivity index (χ3n) is 4.23. The largest absolute Gasteiger partial charge is 0.494 e. The molecule has 27 heavy (non-hydrogen) atoms. The van der Waals surface area contributed by atoms with E-state index < -0.39 is 5.92 Å². The van der Waals surface area contributed by atoms with Crippen LogP contribution in [0.5, 0.6) is 5.75 Å². The summed E-state index contributed by atoms with van der Waals surface area (Å²) in [4.78, 5) is 13.0. The highest BCUT2D eigenvalue weighted by atomic mass is 35.5. The molecule has 0 unspecified atom stereocenters. The lowest BCUT2D eigenvalue weighted by atomic mass is 9.88. The molecule has 3 N–H and O–H groups in total. The maximum atomic E-state index is 13.0. The Balaban J connectivity index is 1.87. The third kappa shape index (κ3) is 4.40. The van der Waals surface area contributed by atoms with Crippen molar-refractivity contribution < 1.29 is 9.53 Å². The van der Waals surface area contributed by atoms with Crippen molar-refractivity contribution >= 4 is 40.5 Å². The normalized spacial score (nSPS) is 19.0. The van der Waals surface area contributed by atoms with Gasteiger partial charge in [-0.15, -0.1) is 0 Å². The summed E-state index contributed by atoms with van der Waals surface area (Å²) in [6, 6.07) is 14.3. The van der Waals surface area contributed by atoms with Crippen molar-refractivity contribution in [2.45, 2.75) is 13.0 Å². The van der Waals surface area contributed by atoms with E-state index in [1.165, 1.54) is 0 Å². The van der Waals surface area contributed by atoms with E-state index in [2.05, 4.69) is 22.5 Å². The first-order valence-corrected chi connectivity index (χ1v) is 9.32. The minimum Gasteiger partial charge on any atom is -0.494 e. The monoisotopic (exact) mass is 401 g/mol. The number of ether oxygens (including phenoxy) is 1. The number of halogens is 1. The second-order valence-corrected chi connectivity index (χ2v) is 6.87. The van der Waals surface area contributed by atoms with E-state index >= 15 is 0 Å². The van der Waals surface area contributed by atoms with E-state index in [1.807, 2.05) is 43.3 Å². The van der Waals surface area contributed by atoms with Crippen LogP contribution in [0.25, 0.3) is 0 Å². The van der Waals surface area contributed by atoms with E-state index in [9.17, 15) is 4.79 Å². The molecule has 0 radical (unpaired) electrons. The number of hydrogen-bond acceptors (Lipinski definition) is 3. The quantitative estimate of drug-likeness (QED) is 0.660. The van der Waals surface area contributed by atoms with Crippen molar-refractivity contribution in [3.63, 3.8) is 0 Å². The predicted molar refractivity (Wildman–Crippen MR) is 112 cm³/mol. The smallest absolute Gasteiger partial charge is 0.235 e. The van der Waals surface area contributed by atoms with Crippen LogP contribution in [-0.4, -0.2) is 17.6 Å². The fourth-order valence-corrected chi connectivity index (χ4v) is 3.42. The number of para-hydroxylation sites is 1. The van der Waals surface area contributed by atoms with Gasteiger partial charge in [0, 0.05) is 5.70 Å². The zero-order valence-electron chi connectivity index (χ0n) is 14.8. The molecule has 0 saturated carbocycles. The molecule has 3 rings (SSSR count). The number of carbonyl (C=O) groups is 1. The standard InChI is InChI=1S/C20H20ClN3O2S/c1-3-26-14-10-8-13(9-11-14)18-17(12(2)22-20(27)24-18)19(25)23-16-7-5-4-6-15(16)21/h4-11,17-18H,2-3H2,1H3,(H,23,25)(H2,22,24,27)/t17-,18-/m1/s1. The van der Waals surface area contributed by atoms with Crippen LogP contribution in [-0.2, 0) is 4.79 Å². The average molecular weight is 402 g/mol. The van der Waals surface area contributed by atoms with Crippen LogP contribution in [0.2, 0.25) is 5.02 Å². The summed E-state index contributed by atoms with van der Waals surface area (Å²) in [5.41, 5.74) is 1.99. The highest BCUT2D eigenvalue weighted by molar-refractivity contribution is 7.80. The first kappa shape index (κ1) is 19.2. The molecule has 0 aliphatic carbocycles. The van der Waals surface area contributed by atoms with Gasteiger partial charge in [-0.05, 0) is 49.0 Å². The molecule has 7 heteroatoms. The number of nitrogens with one attached hydrogen (secondary N) is 3. The molecule has 1 heterocycles. The maximum Gasteiger partial charge on any atom is 0.235 e. The summed E-state index contributed by atoms with van der Waals surface area (Å²) in [7, 11) is 0. The molecule has 1 saturated heterocycles. The molecule has 140 valence electrons. The van der Waals surface area contributed by atoms with E-state index in [1.54, 1.807) is 12.1 Å². The molecular formula is C20H20ClN3O2S. The Kier molecular flexibility index (Phi) is 5.98. The number of anilines is 1. The summed E-state index contributed by atoms with van der Waals surface area (Å²) < 4.78 is 5.49. The summed E-state index contributed by atoms with van der Waals surface area (Å²) in [5.74, 6) is -0.0333. The molecule has 1 fully saturated rings. The number of hydrogen-bond donors (Lipinski definition) is 3. The Hall–Kier alpha value is -2.57. The average Bonchev–Trinajstić information content (AvgIpc) is 2.64. The van der Waals surface area contributed by atoms with Gasteiger partial charge in [0.2, 0.25) is 5.91 Å². The number of benzene rings is 2. The van der Waals surface area contributed by atoms with Crippen LogP contribution in [0, 0.1) is 5.92 Å². The molecule has 1 amide bonds. The minimum absolute atomic E-state index is 0.227. The molecular weight excluding hydrogens is 382 g/mol. The molecule has 1 aliphatic rings. The van der Waals surface area contributed by atoms with Crippen LogP contribution in [0.1, 0.15) is 18.5 Å². The Morgan fingerprint density at radius 3 is 2.63 bits per heavy atom. The van der Waals surface area contributed by atoms with Gasteiger partial charge >= 0.3 is 0 Å². The Labute approximate surface area is 168 Å². The number of thiocarbonyl (C=S) groups is 1. The van der Waals surface area contributed by atoms with Crippen LogP contribution >= 0.6 is 23.8 Å². The summed E-state index contributed by atoms with van der Waals surface area (Å²) in [6.07, 6.45) is 0. The fourth-order valence-electron chi connectivity index (χ4n) is 2.98. The van der Waals surface area contributed by atoms with Gasteiger partial charge in [-0.3, -0.25) is 4.79 Å². The first-order valence-electron chi connectivity index (χ1n) is 8.54. The Morgan fingerprint density at radius 1 is 1.26 bits per heavy atom. The zero-order valence-corrected chi connectivity index (χ0v) is 16.4.